The predicted molar refractivity (Wildman–Crippen MR) is 104 cm³/mol. The highest BCUT2D eigenvalue weighted by Gasteiger charge is 2.27. The number of halogens is 1. The maximum atomic E-state index is 12.4. The van der Waals surface area contributed by atoms with Crippen molar-refractivity contribution in [1.29, 1.82) is 0 Å². The van der Waals surface area contributed by atoms with Crippen molar-refractivity contribution in [2.75, 3.05) is 19.7 Å². The fourth-order valence-corrected chi connectivity index (χ4v) is 3.62. The smallest absolute Gasteiger partial charge is 0.234 e. The minimum atomic E-state index is 0.0303. The van der Waals surface area contributed by atoms with Gasteiger partial charge in [0, 0.05) is 17.6 Å². The summed E-state index contributed by atoms with van der Waals surface area (Å²) in [6.07, 6.45) is 2.18. The molecular weight excluding hydrogens is 348 g/mol. The van der Waals surface area contributed by atoms with Gasteiger partial charge in [-0.05, 0) is 55.6 Å². The second-order valence-corrected chi connectivity index (χ2v) is 6.91. The van der Waals surface area contributed by atoms with Crippen LogP contribution in [-0.4, -0.2) is 30.5 Å². The molecule has 138 valence electrons. The third-order valence-electron chi connectivity index (χ3n) is 4.72. The first-order chi connectivity index (χ1) is 12.7. The number of amides is 1. The zero-order chi connectivity index (χ0) is 18.4. The lowest BCUT2D eigenvalue weighted by Crippen LogP contribution is -2.36. The average molecular weight is 373 g/mol. The summed E-state index contributed by atoms with van der Waals surface area (Å²) in [7, 11) is 0. The molecule has 2 aromatic rings. The van der Waals surface area contributed by atoms with E-state index in [2.05, 4.69) is 22.3 Å². The first-order valence-electron chi connectivity index (χ1n) is 9.14. The van der Waals surface area contributed by atoms with Crippen LogP contribution in [0.2, 0.25) is 5.02 Å². The highest BCUT2D eigenvalue weighted by Crippen LogP contribution is 2.32. The van der Waals surface area contributed by atoms with Crippen LogP contribution in [-0.2, 0) is 11.3 Å². The van der Waals surface area contributed by atoms with E-state index in [4.69, 9.17) is 16.3 Å². The van der Waals surface area contributed by atoms with Gasteiger partial charge in [-0.1, -0.05) is 41.9 Å². The molecule has 1 aliphatic heterocycles. The summed E-state index contributed by atoms with van der Waals surface area (Å²) in [6.45, 7) is 4.45. The highest BCUT2D eigenvalue weighted by atomic mass is 35.5. The molecule has 0 spiro atoms. The van der Waals surface area contributed by atoms with Crippen LogP contribution < -0.4 is 10.1 Å². The van der Waals surface area contributed by atoms with Crippen molar-refractivity contribution in [2.24, 2.45) is 0 Å². The van der Waals surface area contributed by atoms with Crippen LogP contribution in [0.25, 0.3) is 0 Å². The van der Waals surface area contributed by atoms with Crippen molar-refractivity contribution >= 4 is 17.5 Å². The average Bonchev–Trinajstić information content (AvgIpc) is 3.10. The molecule has 1 amide bonds. The van der Waals surface area contributed by atoms with Crippen molar-refractivity contribution in [3.05, 3.63) is 64.7 Å². The molecule has 1 aliphatic rings. The van der Waals surface area contributed by atoms with Crippen LogP contribution in [0.5, 0.6) is 5.75 Å². The van der Waals surface area contributed by atoms with Crippen molar-refractivity contribution in [3.63, 3.8) is 0 Å². The minimum absolute atomic E-state index is 0.0303. The van der Waals surface area contributed by atoms with E-state index in [0.29, 0.717) is 24.7 Å². The molecular formula is C21H25ClN2O2. The molecule has 1 fully saturated rings. The number of nitrogens with one attached hydrogen (secondary N) is 1. The fourth-order valence-electron chi connectivity index (χ4n) is 3.42. The van der Waals surface area contributed by atoms with Crippen molar-refractivity contribution in [2.45, 2.75) is 32.4 Å². The molecule has 0 bridgehead atoms. The number of hydrogen-bond acceptors (Lipinski definition) is 3. The number of hydrogen-bond donors (Lipinski definition) is 1. The number of ether oxygens (including phenoxy) is 1. The van der Waals surface area contributed by atoms with Crippen LogP contribution in [0.4, 0.5) is 0 Å². The maximum Gasteiger partial charge on any atom is 0.234 e. The normalized spacial score (nSPS) is 17.2. The lowest BCUT2D eigenvalue weighted by molar-refractivity contribution is -0.122. The first kappa shape index (κ1) is 18.7. The summed E-state index contributed by atoms with van der Waals surface area (Å²) < 4.78 is 5.51. The monoisotopic (exact) mass is 372 g/mol. The largest absolute Gasteiger partial charge is 0.494 e. The van der Waals surface area contributed by atoms with Crippen LogP contribution in [0, 0.1) is 0 Å². The van der Waals surface area contributed by atoms with Gasteiger partial charge in [-0.3, -0.25) is 9.69 Å². The minimum Gasteiger partial charge on any atom is -0.494 e. The van der Waals surface area contributed by atoms with Gasteiger partial charge in [0.05, 0.1) is 13.2 Å². The molecule has 0 aromatic heterocycles. The number of nitrogens with zero attached hydrogens (tertiary/aromatic N) is 1. The van der Waals surface area contributed by atoms with Crippen LogP contribution in [0.3, 0.4) is 0 Å². The van der Waals surface area contributed by atoms with E-state index in [9.17, 15) is 4.79 Å². The Morgan fingerprint density at radius 1 is 1.23 bits per heavy atom. The Morgan fingerprint density at radius 2 is 2.00 bits per heavy atom. The first-order valence-corrected chi connectivity index (χ1v) is 9.52. The van der Waals surface area contributed by atoms with Crippen molar-refractivity contribution in [3.8, 4) is 5.75 Å². The van der Waals surface area contributed by atoms with E-state index >= 15 is 0 Å². The molecule has 1 heterocycles. The van der Waals surface area contributed by atoms with Gasteiger partial charge in [0.2, 0.25) is 5.91 Å². The Morgan fingerprint density at radius 3 is 2.73 bits per heavy atom. The third kappa shape index (κ3) is 4.77. The molecule has 1 saturated heterocycles. The number of carbonyl (C=O) groups is 1. The SMILES string of the molecule is CCOc1ccc(C2CCCN2CC(=O)NCc2ccccc2Cl)cc1. The van der Waals surface area contributed by atoms with E-state index in [1.54, 1.807) is 0 Å². The fraction of sp³-hybridized carbons (Fsp3) is 0.381. The zero-order valence-electron chi connectivity index (χ0n) is 15.1. The lowest BCUT2D eigenvalue weighted by atomic mass is 10.0. The molecule has 4 nitrogen and oxygen atoms in total. The number of benzene rings is 2. The van der Waals surface area contributed by atoms with Crippen LogP contribution in [0.15, 0.2) is 48.5 Å². The van der Waals surface area contributed by atoms with E-state index in [1.165, 1.54) is 5.56 Å². The molecule has 1 atom stereocenters. The summed E-state index contributed by atoms with van der Waals surface area (Å²) in [4.78, 5) is 14.6. The second-order valence-electron chi connectivity index (χ2n) is 6.50. The van der Waals surface area contributed by atoms with E-state index in [1.807, 2.05) is 43.3 Å². The van der Waals surface area contributed by atoms with Gasteiger partial charge in [0.25, 0.3) is 0 Å². The van der Waals surface area contributed by atoms with Crippen LogP contribution >= 0.6 is 11.6 Å². The molecule has 3 rings (SSSR count). The standard InChI is InChI=1S/C21H25ClN2O2/c1-2-26-18-11-9-16(10-12-18)20-8-5-13-24(20)15-21(25)23-14-17-6-3-4-7-19(17)22/h3-4,6-7,9-12,20H,2,5,8,13-15H2,1H3,(H,23,25). The van der Waals surface area contributed by atoms with Gasteiger partial charge >= 0.3 is 0 Å². The summed E-state index contributed by atoms with van der Waals surface area (Å²) in [5.41, 5.74) is 2.18. The Bertz CT molecular complexity index is 733. The number of likely N-dealkylation sites (tertiary alicyclic amines) is 1. The molecule has 0 aliphatic carbocycles. The lowest BCUT2D eigenvalue weighted by Gasteiger charge is -2.24. The van der Waals surface area contributed by atoms with Gasteiger partial charge in [-0.25, -0.2) is 0 Å². The molecule has 2 aromatic carbocycles. The second kappa shape index (κ2) is 9.06. The summed E-state index contributed by atoms with van der Waals surface area (Å²) >= 11 is 6.14. The maximum absolute atomic E-state index is 12.4. The Labute approximate surface area is 160 Å². The topological polar surface area (TPSA) is 41.6 Å². The van der Waals surface area contributed by atoms with E-state index in [0.717, 1.165) is 30.7 Å². The summed E-state index contributed by atoms with van der Waals surface area (Å²) in [5, 5.41) is 3.66. The van der Waals surface area contributed by atoms with Gasteiger partial charge < -0.3 is 10.1 Å². The molecule has 5 heteroatoms. The molecule has 1 unspecified atom stereocenters. The highest BCUT2D eigenvalue weighted by molar-refractivity contribution is 6.31. The van der Waals surface area contributed by atoms with E-state index < -0.39 is 0 Å². The zero-order valence-corrected chi connectivity index (χ0v) is 15.8. The van der Waals surface area contributed by atoms with E-state index in [-0.39, 0.29) is 11.9 Å². The summed E-state index contributed by atoms with van der Waals surface area (Å²) in [6, 6.07) is 16.1. The Balaban J connectivity index is 1.56. The number of rotatable bonds is 7. The van der Waals surface area contributed by atoms with Gasteiger partial charge in [-0.15, -0.1) is 0 Å². The predicted octanol–water partition coefficient (Wildman–Crippen LogP) is 4.19. The van der Waals surface area contributed by atoms with Gasteiger partial charge in [-0.2, -0.15) is 0 Å². The Kier molecular flexibility index (Phi) is 6.53. The molecule has 0 saturated carbocycles. The molecule has 1 N–H and O–H groups in total. The quantitative estimate of drug-likeness (QED) is 0.792. The molecule has 26 heavy (non-hydrogen) atoms. The van der Waals surface area contributed by atoms with Crippen LogP contribution in [0.1, 0.15) is 36.9 Å². The number of carbonyl (C=O) groups excluding carboxylic acids is 1. The third-order valence-corrected chi connectivity index (χ3v) is 5.09. The van der Waals surface area contributed by atoms with Gasteiger partial charge in [0.15, 0.2) is 0 Å². The van der Waals surface area contributed by atoms with Gasteiger partial charge in [0.1, 0.15) is 5.75 Å². The van der Waals surface area contributed by atoms with Crippen molar-refractivity contribution in [1.82, 2.24) is 10.2 Å². The van der Waals surface area contributed by atoms with Crippen molar-refractivity contribution < 1.29 is 9.53 Å². The summed E-state index contributed by atoms with van der Waals surface area (Å²) in [5.74, 6) is 0.918. The molecule has 0 radical (unpaired) electrons. The Hall–Kier alpha value is -2.04.